The fourth-order valence-corrected chi connectivity index (χ4v) is 2.60. The quantitative estimate of drug-likeness (QED) is 0.708. The maximum Gasteiger partial charge on any atom is 0.162 e. The highest BCUT2D eigenvalue weighted by molar-refractivity contribution is 6.31. The van der Waals surface area contributed by atoms with Crippen molar-refractivity contribution >= 4 is 11.6 Å². The van der Waals surface area contributed by atoms with Gasteiger partial charge < -0.3 is 14.8 Å². The van der Waals surface area contributed by atoms with E-state index in [1.807, 2.05) is 26.0 Å². The van der Waals surface area contributed by atoms with E-state index < -0.39 is 0 Å². The topological polar surface area (TPSA) is 30.5 Å². The minimum absolute atomic E-state index is 0.215. The lowest BCUT2D eigenvalue weighted by Crippen LogP contribution is -2.26. The highest BCUT2D eigenvalue weighted by Gasteiger charge is 2.21. The molecule has 0 aromatic heterocycles. The fraction of sp³-hybridized carbons (Fsp3) is 0.647. The van der Waals surface area contributed by atoms with Gasteiger partial charge >= 0.3 is 0 Å². The van der Waals surface area contributed by atoms with Crippen LogP contribution in [-0.4, -0.2) is 19.8 Å². The molecule has 1 rings (SSSR count). The summed E-state index contributed by atoms with van der Waals surface area (Å²) in [5, 5.41) is 4.29. The second kappa shape index (κ2) is 9.16. The Balaban J connectivity index is 3.17. The van der Waals surface area contributed by atoms with Gasteiger partial charge in [-0.25, -0.2) is 0 Å². The summed E-state index contributed by atoms with van der Waals surface area (Å²) >= 11 is 6.48. The van der Waals surface area contributed by atoms with Gasteiger partial charge in [-0.3, -0.25) is 0 Å². The first-order valence-corrected chi connectivity index (χ1v) is 8.25. The molecular formula is C17H28ClNO2. The van der Waals surface area contributed by atoms with E-state index in [1.54, 1.807) is 0 Å². The van der Waals surface area contributed by atoms with Gasteiger partial charge in [0.15, 0.2) is 11.5 Å². The molecule has 0 aliphatic heterocycles. The summed E-state index contributed by atoms with van der Waals surface area (Å²) in [6, 6.07) is 4.10. The summed E-state index contributed by atoms with van der Waals surface area (Å²) in [6.07, 6.45) is 1.09. The minimum Gasteiger partial charge on any atom is -0.490 e. The van der Waals surface area contributed by atoms with Crippen molar-refractivity contribution in [2.75, 3.05) is 19.8 Å². The van der Waals surface area contributed by atoms with Crippen molar-refractivity contribution < 1.29 is 9.47 Å². The Kier molecular flexibility index (Phi) is 7.91. The minimum atomic E-state index is 0.215. The van der Waals surface area contributed by atoms with Crippen LogP contribution in [0.2, 0.25) is 5.02 Å². The normalized spacial score (nSPS) is 12.5. The van der Waals surface area contributed by atoms with E-state index in [-0.39, 0.29) is 6.04 Å². The largest absolute Gasteiger partial charge is 0.490 e. The Morgan fingerprint density at radius 1 is 1.05 bits per heavy atom. The predicted molar refractivity (Wildman–Crippen MR) is 89.7 cm³/mol. The van der Waals surface area contributed by atoms with E-state index in [0.29, 0.717) is 24.9 Å². The fourth-order valence-electron chi connectivity index (χ4n) is 2.33. The van der Waals surface area contributed by atoms with E-state index in [1.165, 1.54) is 0 Å². The third-order valence-electron chi connectivity index (χ3n) is 3.28. The van der Waals surface area contributed by atoms with E-state index in [9.17, 15) is 0 Å². The molecule has 0 saturated heterocycles. The molecule has 0 aliphatic rings. The van der Waals surface area contributed by atoms with Crippen LogP contribution < -0.4 is 14.8 Å². The molecule has 120 valence electrons. The Hall–Kier alpha value is -0.930. The number of hydrogen-bond acceptors (Lipinski definition) is 3. The second-order valence-corrected chi connectivity index (χ2v) is 5.77. The Bertz CT molecular complexity index is 435. The van der Waals surface area contributed by atoms with Crippen LogP contribution in [0.15, 0.2) is 12.1 Å². The zero-order valence-electron chi connectivity index (χ0n) is 13.8. The van der Waals surface area contributed by atoms with Gasteiger partial charge in [0.05, 0.1) is 13.2 Å². The molecule has 0 amide bonds. The molecule has 0 heterocycles. The van der Waals surface area contributed by atoms with Crippen molar-refractivity contribution in [1.29, 1.82) is 0 Å². The zero-order chi connectivity index (χ0) is 15.8. The monoisotopic (exact) mass is 313 g/mol. The van der Waals surface area contributed by atoms with E-state index >= 15 is 0 Å². The summed E-state index contributed by atoms with van der Waals surface area (Å²) in [7, 11) is 0. The molecule has 0 spiro atoms. The number of ether oxygens (including phenoxy) is 2. The lowest BCUT2D eigenvalue weighted by Gasteiger charge is -2.25. The first-order chi connectivity index (χ1) is 10.0. The lowest BCUT2D eigenvalue weighted by molar-refractivity contribution is 0.286. The molecule has 0 aliphatic carbocycles. The van der Waals surface area contributed by atoms with E-state index in [0.717, 1.165) is 29.3 Å². The molecule has 0 fully saturated rings. The average molecular weight is 314 g/mol. The van der Waals surface area contributed by atoms with Gasteiger partial charge in [-0.15, -0.1) is 0 Å². The maximum atomic E-state index is 6.48. The van der Waals surface area contributed by atoms with Crippen molar-refractivity contribution in [2.24, 2.45) is 5.92 Å². The van der Waals surface area contributed by atoms with Crippen molar-refractivity contribution in [1.82, 2.24) is 5.32 Å². The summed E-state index contributed by atoms with van der Waals surface area (Å²) in [6.45, 7) is 12.6. The number of rotatable bonds is 9. The van der Waals surface area contributed by atoms with Crippen molar-refractivity contribution in [3.8, 4) is 11.5 Å². The van der Waals surface area contributed by atoms with Crippen molar-refractivity contribution in [3.05, 3.63) is 22.7 Å². The van der Waals surface area contributed by atoms with Crippen LogP contribution >= 0.6 is 11.6 Å². The van der Waals surface area contributed by atoms with E-state index in [2.05, 4.69) is 26.1 Å². The maximum absolute atomic E-state index is 6.48. The summed E-state index contributed by atoms with van der Waals surface area (Å²) < 4.78 is 11.3. The molecule has 1 unspecified atom stereocenters. The summed E-state index contributed by atoms with van der Waals surface area (Å²) in [5.74, 6) is 1.93. The SMILES string of the molecule is CCCNC(c1cc(OCC)c(OCC)cc1Cl)C(C)C. The predicted octanol–water partition coefficient (Wildman–Crippen LogP) is 4.83. The number of halogens is 1. The lowest BCUT2D eigenvalue weighted by atomic mass is 9.95. The van der Waals surface area contributed by atoms with Gasteiger partial charge in [-0.1, -0.05) is 32.4 Å². The molecule has 1 aromatic carbocycles. The van der Waals surface area contributed by atoms with Gasteiger partial charge in [-0.2, -0.15) is 0 Å². The summed E-state index contributed by atoms with van der Waals surface area (Å²) in [5.41, 5.74) is 1.08. The van der Waals surface area contributed by atoms with Gasteiger partial charge in [-0.05, 0) is 44.4 Å². The van der Waals surface area contributed by atoms with Gasteiger partial charge in [0, 0.05) is 17.1 Å². The second-order valence-electron chi connectivity index (χ2n) is 5.36. The molecule has 21 heavy (non-hydrogen) atoms. The molecule has 4 heteroatoms. The third kappa shape index (κ3) is 5.08. The van der Waals surface area contributed by atoms with Crippen LogP contribution in [0.25, 0.3) is 0 Å². The third-order valence-corrected chi connectivity index (χ3v) is 3.61. The van der Waals surface area contributed by atoms with Crippen LogP contribution in [0.3, 0.4) is 0 Å². The standard InChI is InChI=1S/C17H28ClNO2/c1-6-9-19-17(12(4)5)13-10-15(20-7-2)16(21-8-3)11-14(13)18/h10-12,17,19H,6-9H2,1-5H3. The first-order valence-electron chi connectivity index (χ1n) is 7.87. The highest BCUT2D eigenvalue weighted by Crippen LogP contribution is 2.38. The Labute approximate surface area is 134 Å². The van der Waals surface area contributed by atoms with Gasteiger partial charge in [0.2, 0.25) is 0 Å². The van der Waals surface area contributed by atoms with Gasteiger partial charge in [0.1, 0.15) is 0 Å². The molecule has 0 saturated carbocycles. The Morgan fingerprint density at radius 3 is 2.10 bits per heavy atom. The number of hydrogen-bond donors (Lipinski definition) is 1. The highest BCUT2D eigenvalue weighted by atomic mass is 35.5. The molecule has 0 radical (unpaired) electrons. The molecular weight excluding hydrogens is 286 g/mol. The first kappa shape index (κ1) is 18.1. The Morgan fingerprint density at radius 2 is 1.62 bits per heavy atom. The van der Waals surface area contributed by atoms with Crippen molar-refractivity contribution in [2.45, 2.75) is 47.1 Å². The molecule has 1 N–H and O–H groups in total. The smallest absolute Gasteiger partial charge is 0.162 e. The number of benzene rings is 1. The summed E-state index contributed by atoms with van der Waals surface area (Å²) in [4.78, 5) is 0. The van der Waals surface area contributed by atoms with E-state index in [4.69, 9.17) is 21.1 Å². The zero-order valence-corrected chi connectivity index (χ0v) is 14.6. The van der Waals surface area contributed by atoms with Crippen molar-refractivity contribution in [3.63, 3.8) is 0 Å². The molecule has 1 atom stereocenters. The van der Waals surface area contributed by atoms with Crippen LogP contribution in [0.1, 0.15) is 52.6 Å². The number of nitrogens with one attached hydrogen (secondary N) is 1. The molecule has 3 nitrogen and oxygen atoms in total. The van der Waals surface area contributed by atoms with Crippen LogP contribution in [0, 0.1) is 5.92 Å². The van der Waals surface area contributed by atoms with Gasteiger partial charge in [0.25, 0.3) is 0 Å². The van der Waals surface area contributed by atoms with Crippen LogP contribution in [0.4, 0.5) is 0 Å². The van der Waals surface area contributed by atoms with Crippen LogP contribution in [-0.2, 0) is 0 Å². The van der Waals surface area contributed by atoms with Crippen LogP contribution in [0.5, 0.6) is 11.5 Å². The molecule has 1 aromatic rings. The average Bonchev–Trinajstić information content (AvgIpc) is 2.43. The molecule has 0 bridgehead atoms.